The van der Waals surface area contributed by atoms with Crippen molar-refractivity contribution in [1.82, 2.24) is 15.2 Å². The highest BCUT2D eigenvalue weighted by molar-refractivity contribution is 5.85. The topological polar surface area (TPSA) is 87.9 Å². The number of esters is 1. The van der Waals surface area contributed by atoms with Crippen LogP contribution in [-0.4, -0.2) is 59.5 Å². The van der Waals surface area contributed by atoms with E-state index in [1.807, 2.05) is 4.90 Å². The molecule has 2 aromatic rings. The van der Waals surface area contributed by atoms with Gasteiger partial charge in [-0.2, -0.15) is 4.98 Å². The number of oxazole rings is 1. The van der Waals surface area contributed by atoms with Gasteiger partial charge in [0.25, 0.3) is 6.01 Å². The predicted molar refractivity (Wildman–Crippen MR) is 123 cm³/mol. The second-order valence-corrected chi connectivity index (χ2v) is 9.08. The average molecular weight is 443 g/mol. The van der Waals surface area contributed by atoms with E-state index in [1.165, 1.54) is 26.2 Å². The number of nitrogens with zero attached hydrogens (tertiary/aromatic N) is 3. The third kappa shape index (κ3) is 5.06. The Labute approximate surface area is 189 Å². The van der Waals surface area contributed by atoms with Gasteiger partial charge in [-0.25, -0.2) is 0 Å². The van der Waals surface area contributed by atoms with Crippen LogP contribution in [0.2, 0.25) is 0 Å². The van der Waals surface area contributed by atoms with E-state index in [-0.39, 0.29) is 17.9 Å². The van der Waals surface area contributed by atoms with Gasteiger partial charge in [-0.05, 0) is 58.1 Å². The standard InChI is InChI=1S/C24H34N4O4/c1-16-7-6-8-17(2)27(16)14-12-25-23(30)21-9-4-5-13-28(21)24-26-20-11-10-19(31-18(3)29)15-22(20)32-24/h10-11,15-17,21H,4-9,12-14H2,1-3H3,(H,25,30). The number of rotatable bonds is 6. The van der Waals surface area contributed by atoms with Gasteiger partial charge < -0.3 is 19.4 Å². The Morgan fingerprint density at radius 2 is 1.94 bits per heavy atom. The van der Waals surface area contributed by atoms with E-state index < -0.39 is 0 Å². The smallest absolute Gasteiger partial charge is 0.308 e. The SMILES string of the molecule is CC(=O)Oc1ccc2nc(N3CCCCC3C(=O)NCCN3C(C)CCCC3C)oc2c1. The van der Waals surface area contributed by atoms with Crippen LogP contribution in [0, 0.1) is 0 Å². The molecular weight excluding hydrogens is 408 g/mol. The number of ether oxygens (including phenoxy) is 1. The molecule has 8 nitrogen and oxygen atoms in total. The molecule has 1 amide bonds. The van der Waals surface area contributed by atoms with E-state index in [9.17, 15) is 9.59 Å². The molecule has 0 saturated carbocycles. The first-order valence-electron chi connectivity index (χ1n) is 11.8. The Balaban J connectivity index is 1.42. The fourth-order valence-electron chi connectivity index (χ4n) is 5.02. The molecule has 2 aliphatic rings. The number of piperidine rings is 2. The number of carbonyl (C=O) groups is 2. The Hall–Kier alpha value is -2.61. The van der Waals surface area contributed by atoms with E-state index >= 15 is 0 Å². The minimum Gasteiger partial charge on any atom is -0.427 e. The van der Waals surface area contributed by atoms with E-state index in [2.05, 4.69) is 29.0 Å². The lowest BCUT2D eigenvalue weighted by Crippen LogP contribution is -2.52. The zero-order chi connectivity index (χ0) is 22.7. The fourth-order valence-corrected chi connectivity index (χ4v) is 5.02. The van der Waals surface area contributed by atoms with E-state index in [4.69, 9.17) is 9.15 Å². The van der Waals surface area contributed by atoms with Crippen molar-refractivity contribution in [2.24, 2.45) is 0 Å². The van der Waals surface area contributed by atoms with Crippen LogP contribution < -0.4 is 15.0 Å². The molecule has 3 unspecified atom stereocenters. The number of fused-ring (bicyclic) bond motifs is 1. The van der Waals surface area contributed by atoms with Gasteiger partial charge in [-0.1, -0.05) is 6.42 Å². The van der Waals surface area contributed by atoms with Gasteiger partial charge in [0, 0.05) is 44.7 Å². The monoisotopic (exact) mass is 442 g/mol. The number of hydrogen-bond acceptors (Lipinski definition) is 7. The molecule has 174 valence electrons. The molecule has 0 spiro atoms. The number of carbonyl (C=O) groups excluding carboxylic acids is 2. The van der Waals surface area contributed by atoms with E-state index in [0.717, 1.165) is 32.4 Å². The summed E-state index contributed by atoms with van der Waals surface area (Å²) in [6, 6.07) is 6.41. The Morgan fingerprint density at radius 3 is 2.69 bits per heavy atom. The number of amides is 1. The van der Waals surface area contributed by atoms with Crippen LogP contribution in [-0.2, 0) is 9.59 Å². The summed E-state index contributed by atoms with van der Waals surface area (Å²) in [5.41, 5.74) is 1.21. The summed E-state index contributed by atoms with van der Waals surface area (Å²) < 4.78 is 11.1. The first kappa shape index (κ1) is 22.6. The van der Waals surface area contributed by atoms with Crippen molar-refractivity contribution in [3.05, 3.63) is 18.2 Å². The molecule has 2 fully saturated rings. The van der Waals surface area contributed by atoms with Crippen LogP contribution in [0.3, 0.4) is 0 Å². The van der Waals surface area contributed by atoms with Crippen LogP contribution in [0.15, 0.2) is 22.6 Å². The number of hydrogen-bond donors (Lipinski definition) is 1. The third-order valence-electron chi connectivity index (χ3n) is 6.71. The summed E-state index contributed by atoms with van der Waals surface area (Å²) in [5, 5.41) is 3.16. The van der Waals surface area contributed by atoms with Gasteiger partial charge >= 0.3 is 5.97 Å². The minimum atomic E-state index is -0.384. The first-order valence-corrected chi connectivity index (χ1v) is 11.8. The van der Waals surface area contributed by atoms with Gasteiger partial charge in [0.1, 0.15) is 17.3 Å². The maximum absolute atomic E-state index is 13.1. The molecule has 2 saturated heterocycles. The summed E-state index contributed by atoms with van der Waals surface area (Å²) >= 11 is 0. The Morgan fingerprint density at radius 1 is 1.16 bits per heavy atom. The predicted octanol–water partition coefficient (Wildman–Crippen LogP) is 3.49. The molecule has 2 aliphatic heterocycles. The van der Waals surface area contributed by atoms with Crippen molar-refractivity contribution in [3.8, 4) is 5.75 Å². The van der Waals surface area contributed by atoms with Crippen molar-refractivity contribution in [2.75, 3.05) is 24.5 Å². The highest BCUT2D eigenvalue weighted by atomic mass is 16.5. The highest BCUT2D eigenvalue weighted by Crippen LogP contribution is 2.30. The highest BCUT2D eigenvalue weighted by Gasteiger charge is 2.32. The molecule has 1 aromatic carbocycles. The summed E-state index contributed by atoms with van der Waals surface area (Å²) in [5.74, 6) is 0.0666. The summed E-state index contributed by atoms with van der Waals surface area (Å²) in [7, 11) is 0. The van der Waals surface area contributed by atoms with Crippen LogP contribution in [0.4, 0.5) is 6.01 Å². The molecule has 1 N–H and O–H groups in total. The summed E-state index contributed by atoms with van der Waals surface area (Å²) in [6.45, 7) is 8.17. The molecule has 0 radical (unpaired) electrons. The number of anilines is 1. The molecule has 3 atom stereocenters. The number of likely N-dealkylation sites (tertiary alicyclic amines) is 1. The van der Waals surface area contributed by atoms with Crippen LogP contribution >= 0.6 is 0 Å². The fraction of sp³-hybridized carbons (Fsp3) is 0.625. The van der Waals surface area contributed by atoms with Crippen LogP contribution in [0.5, 0.6) is 5.75 Å². The van der Waals surface area contributed by atoms with E-state index in [0.29, 0.717) is 41.5 Å². The van der Waals surface area contributed by atoms with Gasteiger partial charge in [0.05, 0.1) is 0 Å². The molecule has 0 aliphatic carbocycles. The van der Waals surface area contributed by atoms with Crippen LogP contribution in [0.1, 0.15) is 59.3 Å². The van der Waals surface area contributed by atoms with Gasteiger partial charge in [0.15, 0.2) is 5.58 Å². The van der Waals surface area contributed by atoms with Crippen molar-refractivity contribution >= 4 is 29.0 Å². The normalized spacial score (nSPS) is 24.5. The maximum Gasteiger partial charge on any atom is 0.308 e. The lowest BCUT2D eigenvalue weighted by molar-refractivity contribution is -0.131. The first-order chi connectivity index (χ1) is 15.4. The van der Waals surface area contributed by atoms with Crippen molar-refractivity contribution < 1.29 is 18.7 Å². The quantitative estimate of drug-likeness (QED) is 0.541. The molecule has 32 heavy (non-hydrogen) atoms. The summed E-state index contributed by atoms with van der Waals surface area (Å²) in [6.07, 6.45) is 6.52. The number of benzene rings is 1. The molecule has 1 aromatic heterocycles. The zero-order valence-electron chi connectivity index (χ0n) is 19.3. The second kappa shape index (κ2) is 9.90. The molecule has 0 bridgehead atoms. The van der Waals surface area contributed by atoms with Gasteiger partial charge in [0.2, 0.25) is 5.91 Å². The number of nitrogens with one attached hydrogen (secondary N) is 1. The molecular formula is C24H34N4O4. The lowest BCUT2D eigenvalue weighted by atomic mass is 9.97. The van der Waals surface area contributed by atoms with Crippen LogP contribution in [0.25, 0.3) is 11.1 Å². The van der Waals surface area contributed by atoms with Gasteiger partial charge in [-0.3, -0.25) is 14.5 Å². The number of aromatic nitrogens is 1. The molecule has 8 heteroatoms. The largest absolute Gasteiger partial charge is 0.427 e. The van der Waals surface area contributed by atoms with Crippen molar-refractivity contribution in [2.45, 2.75) is 77.4 Å². The Kier molecular flexibility index (Phi) is 6.98. The molecule has 3 heterocycles. The molecule has 4 rings (SSSR count). The van der Waals surface area contributed by atoms with Crippen molar-refractivity contribution in [3.63, 3.8) is 0 Å². The minimum absolute atomic E-state index is 0.0323. The third-order valence-corrected chi connectivity index (χ3v) is 6.71. The second-order valence-electron chi connectivity index (χ2n) is 9.08. The zero-order valence-corrected chi connectivity index (χ0v) is 19.3. The summed E-state index contributed by atoms with van der Waals surface area (Å²) in [4.78, 5) is 33.4. The Bertz CT molecular complexity index is 949. The van der Waals surface area contributed by atoms with E-state index in [1.54, 1.807) is 18.2 Å². The average Bonchev–Trinajstić information content (AvgIpc) is 3.18. The van der Waals surface area contributed by atoms with Crippen molar-refractivity contribution in [1.29, 1.82) is 0 Å². The lowest BCUT2D eigenvalue weighted by Gasteiger charge is -2.39. The maximum atomic E-state index is 13.1. The van der Waals surface area contributed by atoms with Gasteiger partial charge in [-0.15, -0.1) is 0 Å².